The third kappa shape index (κ3) is 5.19. The highest BCUT2D eigenvalue weighted by molar-refractivity contribution is 7.92. The Balaban J connectivity index is 2.07. The molecule has 0 atom stereocenters. The number of anilines is 1. The third-order valence-corrected chi connectivity index (χ3v) is 4.78. The van der Waals surface area contributed by atoms with E-state index in [9.17, 15) is 17.2 Å². The zero-order valence-electron chi connectivity index (χ0n) is 13.2. The maximum atomic E-state index is 12.3. The van der Waals surface area contributed by atoms with Crippen molar-refractivity contribution in [2.24, 2.45) is 0 Å². The molecular formula is C17H19F2NO3S. The zero-order chi connectivity index (χ0) is 17.6. The molecule has 0 bridgehead atoms. The second-order valence-electron chi connectivity index (χ2n) is 5.26. The summed E-state index contributed by atoms with van der Waals surface area (Å²) < 4.78 is 55.5. The van der Waals surface area contributed by atoms with Crippen molar-refractivity contribution in [1.82, 2.24) is 0 Å². The second kappa shape index (κ2) is 8.10. The molecule has 0 aliphatic heterocycles. The number of aryl methyl sites for hydroxylation is 1. The fourth-order valence-corrected chi connectivity index (χ4v) is 3.19. The van der Waals surface area contributed by atoms with Gasteiger partial charge in [0.1, 0.15) is 5.75 Å². The minimum atomic E-state index is -3.73. The van der Waals surface area contributed by atoms with Gasteiger partial charge in [0.15, 0.2) is 0 Å². The van der Waals surface area contributed by atoms with Crippen LogP contribution in [0.2, 0.25) is 0 Å². The Bertz CT molecular complexity index is 744. The largest absolute Gasteiger partial charge is 0.435 e. The van der Waals surface area contributed by atoms with Gasteiger partial charge in [0.05, 0.1) is 4.90 Å². The fourth-order valence-electron chi connectivity index (χ4n) is 2.13. The van der Waals surface area contributed by atoms with Gasteiger partial charge >= 0.3 is 6.61 Å². The van der Waals surface area contributed by atoms with Crippen LogP contribution in [0, 0.1) is 0 Å². The normalized spacial score (nSPS) is 11.5. The maximum absolute atomic E-state index is 12.3. The van der Waals surface area contributed by atoms with Crippen LogP contribution in [0.4, 0.5) is 14.5 Å². The highest BCUT2D eigenvalue weighted by Gasteiger charge is 2.14. The first-order valence-electron chi connectivity index (χ1n) is 7.57. The van der Waals surface area contributed by atoms with Gasteiger partial charge in [-0.15, -0.1) is 0 Å². The van der Waals surface area contributed by atoms with Crippen LogP contribution < -0.4 is 9.46 Å². The Kier molecular flexibility index (Phi) is 6.14. The van der Waals surface area contributed by atoms with Gasteiger partial charge in [0, 0.05) is 5.69 Å². The molecule has 0 unspecified atom stereocenters. The molecule has 0 spiro atoms. The number of benzene rings is 2. The molecule has 0 saturated heterocycles. The van der Waals surface area contributed by atoms with Crippen molar-refractivity contribution in [2.75, 3.05) is 4.72 Å². The summed E-state index contributed by atoms with van der Waals surface area (Å²) >= 11 is 0. The van der Waals surface area contributed by atoms with Crippen LogP contribution in [0.15, 0.2) is 53.4 Å². The SMILES string of the molecule is CCCCc1ccc(S(=O)(=O)Nc2ccc(OC(F)F)cc2)cc1. The smallest absolute Gasteiger partial charge is 0.387 e. The van der Waals surface area contributed by atoms with Crippen molar-refractivity contribution >= 4 is 15.7 Å². The highest BCUT2D eigenvalue weighted by atomic mass is 32.2. The molecule has 0 heterocycles. The van der Waals surface area contributed by atoms with Crippen molar-refractivity contribution in [2.45, 2.75) is 37.7 Å². The fraction of sp³-hybridized carbons (Fsp3) is 0.294. The molecular weight excluding hydrogens is 336 g/mol. The van der Waals surface area contributed by atoms with E-state index in [0.717, 1.165) is 24.8 Å². The molecule has 0 radical (unpaired) electrons. The summed E-state index contributed by atoms with van der Waals surface area (Å²) in [6, 6.07) is 12.0. The lowest BCUT2D eigenvalue weighted by Crippen LogP contribution is -2.13. The van der Waals surface area contributed by atoms with Gasteiger partial charge in [-0.3, -0.25) is 4.72 Å². The van der Waals surface area contributed by atoms with E-state index in [1.807, 2.05) is 0 Å². The van der Waals surface area contributed by atoms with Gasteiger partial charge in [-0.2, -0.15) is 8.78 Å². The van der Waals surface area contributed by atoms with E-state index in [-0.39, 0.29) is 16.3 Å². The number of nitrogens with one attached hydrogen (secondary N) is 1. The monoisotopic (exact) mass is 355 g/mol. The first-order chi connectivity index (χ1) is 11.4. The molecule has 0 aliphatic carbocycles. The van der Waals surface area contributed by atoms with Gasteiger partial charge in [-0.1, -0.05) is 25.5 Å². The molecule has 1 N–H and O–H groups in total. The number of hydrogen-bond donors (Lipinski definition) is 1. The molecule has 0 saturated carbocycles. The van der Waals surface area contributed by atoms with Crippen LogP contribution in [0.5, 0.6) is 5.75 Å². The van der Waals surface area contributed by atoms with Crippen LogP contribution in [0.25, 0.3) is 0 Å². The highest BCUT2D eigenvalue weighted by Crippen LogP contribution is 2.21. The van der Waals surface area contributed by atoms with Crippen LogP contribution >= 0.6 is 0 Å². The molecule has 2 rings (SSSR count). The Morgan fingerprint density at radius 3 is 2.21 bits per heavy atom. The van der Waals surface area contributed by atoms with Crippen LogP contribution in [-0.2, 0) is 16.4 Å². The lowest BCUT2D eigenvalue weighted by atomic mass is 10.1. The van der Waals surface area contributed by atoms with E-state index in [4.69, 9.17) is 0 Å². The zero-order valence-corrected chi connectivity index (χ0v) is 14.0. The molecule has 0 aliphatic rings. The number of ether oxygens (including phenoxy) is 1. The average molecular weight is 355 g/mol. The number of unbranched alkanes of at least 4 members (excludes halogenated alkanes) is 1. The van der Waals surface area contributed by atoms with Gasteiger partial charge in [-0.25, -0.2) is 8.42 Å². The van der Waals surface area contributed by atoms with Crippen molar-refractivity contribution in [1.29, 1.82) is 0 Å². The molecule has 7 heteroatoms. The first kappa shape index (κ1) is 18.2. The van der Waals surface area contributed by atoms with E-state index in [1.54, 1.807) is 24.3 Å². The third-order valence-electron chi connectivity index (χ3n) is 3.38. The number of rotatable bonds is 8. The van der Waals surface area contributed by atoms with E-state index in [0.29, 0.717) is 0 Å². The van der Waals surface area contributed by atoms with Crippen molar-refractivity contribution in [3.63, 3.8) is 0 Å². The summed E-state index contributed by atoms with van der Waals surface area (Å²) in [5, 5.41) is 0. The molecule has 2 aromatic rings. The summed E-state index contributed by atoms with van der Waals surface area (Å²) in [5.74, 6) is -0.0341. The molecule has 0 amide bonds. The first-order valence-corrected chi connectivity index (χ1v) is 9.05. The van der Waals surface area contributed by atoms with Gasteiger partial charge in [0.25, 0.3) is 10.0 Å². The number of alkyl halides is 2. The van der Waals surface area contributed by atoms with E-state index in [2.05, 4.69) is 16.4 Å². The Morgan fingerprint density at radius 2 is 1.67 bits per heavy atom. The molecule has 24 heavy (non-hydrogen) atoms. The summed E-state index contributed by atoms with van der Waals surface area (Å²) in [7, 11) is -3.73. The number of hydrogen-bond acceptors (Lipinski definition) is 3. The van der Waals surface area contributed by atoms with E-state index in [1.165, 1.54) is 24.3 Å². The predicted molar refractivity (Wildman–Crippen MR) is 88.9 cm³/mol. The Labute approximate surface area is 140 Å². The van der Waals surface area contributed by atoms with Crippen LogP contribution in [-0.4, -0.2) is 15.0 Å². The van der Waals surface area contributed by atoms with Gasteiger partial charge in [0.2, 0.25) is 0 Å². The minimum absolute atomic E-state index is 0.0341. The lowest BCUT2D eigenvalue weighted by Gasteiger charge is -2.10. The van der Waals surface area contributed by atoms with Crippen molar-refractivity contribution in [3.8, 4) is 5.75 Å². The molecule has 0 fully saturated rings. The predicted octanol–water partition coefficient (Wildman–Crippen LogP) is 4.43. The Hall–Kier alpha value is -2.15. The quantitative estimate of drug-likeness (QED) is 0.762. The minimum Gasteiger partial charge on any atom is -0.435 e. The topological polar surface area (TPSA) is 55.4 Å². The summed E-state index contributed by atoms with van der Waals surface area (Å²) in [6.45, 7) is -0.820. The molecule has 0 aromatic heterocycles. The standard InChI is InChI=1S/C17H19F2NO3S/c1-2-3-4-13-5-11-16(12-6-13)24(21,22)20-14-7-9-15(10-8-14)23-17(18)19/h5-12,17,20H,2-4H2,1H3. The van der Waals surface area contributed by atoms with Gasteiger partial charge < -0.3 is 4.74 Å². The average Bonchev–Trinajstić information content (AvgIpc) is 2.54. The lowest BCUT2D eigenvalue weighted by molar-refractivity contribution is -0.0498. The summed E-state index contributed by atoms with van der Waals surface area (Å²) in [6.07, 6.45) is 3.04. The molecule has 2 aromatic carbocycles. The number of halogens is 2. The molecule has 4 nitrogen and oxygen atoms in total. The second-order valence-corrected chi connectivity index (χ2v) is 6.94. The van der Waals surface area contributed by atoms with E-state index < -0.39 is 16.6 Å². The molecule has 130 valence electrons. The summed E-state index contributed by atoms with van der Waals surface area (Å²) in [4.78, 5) is 0.149. The summed E-state index contributed by atoms with van der Waals surface area (Å²) in [5.41, 5.74) is 1.36. The van der Waals surface area contributed by atoms with Gasteiger partial charge in [-0.05, 0) is 54.8 Å². The van der Waals surface area contributed by atoms with Crippen molar-refractivity contribution < 1.29 is 21.9 Å². The van der Waals surface area contributed by atoms with E-state index >= 15 is 0 Å². The number of sulfonamides is 1. The Morgan fingerprint density at radius 1 is 1.04 bits per heavy atom. The maximum Gasteiger partial charge on any atom is 0.387 e. The van der Waals surface area contributed by atoms with Crippen LogP contribution in [0.3, 0.4) is 0 Å². The van der Waals surface area contributed by atoms with Crippen LogP contribution in [0.1, 0.15) is 25.3 Å². The van der Waals surface area contributed by atoms with Crippen molar-refractivity contribution in [3.05, 3.63) is 54.1 Å².